The zero-order chi connectivity index (χ0) is 22.0. The summed E-state index contributed by atoms with van der Waals surface area (Å²) in [4.78, 5) is 4.85. The second-order valence-corrected chi connectivity index (χ2v) is 10.2. The summed E-state index contributed by atoms with van der Waals surface area (Å²) in [5.74, 6) is -0.214. The van der Waals surface area contributed by atoms with Crippen LogP contribution in [0.2, 0.25) is 0 Å². The molecule has 0 saturated heterocycles. The molecule has 4 aromatic rings. The molecule has 0 aliphatic heterocycles. The summed E-state index contributed by atoms with van der Waals surface area (Å²) in [6, 6.07) is 7.35. The molecule has 0 saturated carbocycles. The molecule has 0 amide bonds. The molecule has 0 radical (unpaired) electrons. The fraction of sp³-hybridized carbons (Fsp3) is 0.440. The van der Waals surface area contributed by atoms with E-state index in [9.17, 15) is 4.39 Å². The van der Waals surface area contributed by atoms with Crippen LogP contribution in [0.25, 0.3) is 11.3 Å². The smallest absolute Gasteiger partial charge is 0.289 e. The predicted molar refractivity (Wildman–Crippen MR) is 119 cm³/mol. The second-order valence-electron chi connectivity index (χ2n) is 10.2. The van der Waals surface area contributed by atoms with Crippen LogP contribution in [0.3, 0.4) is 0 Å². The van der Waals surface area contributed by atoms with Crippen molar-refractivity contribution in [1.82, 2.24) is 14.0 Å². The molecule has 0 spiro atoms. The molecule has 0 fully saturated rings. The van der Waals surface area contributed by atoms with Gasteiger partial charge in [0.05, 0.1) is 23.7 Å². The third-order valence-electron chi connectivity index (χ3n) is 6.09. The van der Waals surface area contributed by atoms with Crippen molar-refractivity contribution in [2.24, 2.45) is 0 Å². The van der Waals surface area contributed by atoms with Gasteiger partial charge >= 0.3 is 0 Å². The lowest BCUT2D eigenvalue weighted by Crippen LogP contribution is -2.32. The number of aromatic nitrogens is 4. The lowest BCUT2D eigenvalue weighted by atomic mass is 9.87. The molecule has 4 heterocycles. The summed E-state index contributed by atoms with van der Waals surface area (Å²) < 4.78 is 20.8. The van der Waals surface area contributed by atoms with E-state index in [1.807, 2.05) is 6.20 Å². The Morgan fingerprint density at radius 1 is 1.07 bits per heavy atom. The Hall–Kier alpha value is -2.69. The Kier molecular flexibility index (Phi) is 4.57. The molecule has 5 heteroatoms. The predicted octanol–water partition coefficient (Wildman–Crippen LogP) is 5.21. The molecule has 0 N–H and O–H groups in total. The van der Waals surface area contributed by atoms with Crippen molar-refractivity contribution in [1.29, 1.82) is 0 Å². The normalized spacial score (nSPS) is 13.0. The van der Waals surface area contributed by atoms with E-state index < -0.39 is 0 Å². The number of fused-ring (bicyclic) bond motifs is 2. The Labute approximate surface area is 178 Å². The van der Waals surface area contributed by atoms with Gasteiger partial charge in [0.15, 0.2) is 5.69 Å². The van der Waals surface area contributed by atoms with Gasteiger partial charge in [0.1, 0.15) is 23.7 Å². The van der Waals surface area contributed by atoms with E-state index in [2.05, 4.69) is 87.1 Å². The van der Waals surface area contributed by atoms with Crippen LogP contribution < -0.4 is 4.40 Å². The van der Waals surface area contributed by atoms with Crippen molar-refractivity contribution in [3.8, 4) is 0 Å². The van der Waals surface area contributed by atoms with E-state index in [0.717, 1.165) is 29.1 Å². The van der Waals surface area contributed by atoms with Crippen LogP contribution in [0.1, 0.15) is 63.0 Å². The Morgan fingerprint density at radius 3 is 2.43 bits per heavy atom. The van der Waals surface area contributed by atoms with Crippen LogP contribution in [0, 0.1) is 26.6 Å². The summed E-state index contributed by atoms with van der Waals surface area (Å²) in [6.45, 7) is 18.2. The first-order chi connectivity index (χ1) is 13.9. The number of halogens is 1. The molecular formula is C25H32FN4+. The zero-order valence-corrected chi connectivity index (χ0v) is 19.3. The molecule has 0 aliphatic carbocycles. The summed E-state index contributed by atoms with van der Waals surface area (Å²) in [5.41, 5.74) is 7.39. The minimum absolute atomic E-state index is 0.0590. The van der Waals surface area contributed by atoms with Crippen molar-refractivity contribution >= 4 is 11.3 Å². The molecular weight excluding hydrogens is 375 g/mol. The third kappa shape index (κ3) is 3.11. The topological polar surface area (TPSA) is 26.3 Å². The van der Waals surface area contributed by atoms with Crippen LogP contribution >= 0.6 is 0 Å². The molecule has 158 valence electrons. The number of hydrogen-bond acceptors (Lipinski definition) is 1. The number of pyridine rings is 2. The van der Waals surface area contributed by atoms with Gasteiger partial charge in [-0.15, -0.1) is 0 Å². The number of aryl methyl sites for hydroxylation is 2. The summed E-state index contributed by atoms with van der Waals surface area (Å²) in [5, 5.41) is 0. The monoisotopic (exact) mass is 407 g/mol. The Balaban J connectivity index is 1.93. The number of nitrogens with zero attached hydrogens (tertiary/aromatic N) is 4. The van der Waals surface area contributed by atoms with E-state index in [-0.39, 0.29) is 16.6 Å². The van der Waals surface area contributed by atoms with Crippen molar-refractivity contribution in [2.75, 3.05) is 0 Å². The van der Waals surface area contributed by atoms with Crippen molar-refractivity contribution < 1.29 is 8.79 Å². The standard InChI is InChI=1S/C25H32FN4/c1-16-10-9-12-29-21(17(2)27-23(16)29)25(7,8)15-30-18(3)22(24(4,5)6)28-13-11-19(26)14-20(28)30/h9-14H,15H2,1-8H3/q+1. The highest BCUT2D eigenvalue weighted by molar-refractivity contribution is 5.51. The molecule has 4 rings (SSSR count). The lowest BCUT2D eigenvalue weighted by molar-refractivity contribution is -0.525. The van der Waals surface area contributed by atoms with E-state index in [1.165, 1.54) is 23.1 Å². The van der Waals surface area contributed by atoms with E-state index in [0.29, 0.717) is 0 Å². The molecule has 30 heavy (non-hydrogen) atoms. The quantitative estimate of drug-likeness (QED) is 0.428. The minimum atomic E-state index is -0.214. The first-order valence-corrected chi connectivity index (χ1v) is 10.6. The number of imidazole rings is 2. The van der Waals surface area contributed by atoms with Gasteiger partial charge in [-0.05, 0) is 25.5 Å². The molecule has 0 aromatic carbocycles. The highest BCUT2D eigenvalue weighted by atomic mass is 19.1. The molecule has 0 aliphatic rings. The van der Waals surface area contributed by atoms with E-state index in [1.54, 1.807) is 6.07 Å². The average molecular weight is 408 g/mol. The molecule has 0 unspecified atom stereocenters. The van der Waals surface area contributed by atoms with Gasteiger partial charge in [0, 0.05) is 30.0 Å². The first-order valence-electron chi connectivity index (χ1n) is 10.6. The van der Waals surface area contributed by atoms with E-state index >= 15 is 0 Å². The highest BCUT2D eigenvalue weighted by Gasteiger charge is 2.36. The molecule has 0 bridgehead atoms. The Bertz CT molecular complexity index is 1270. The zero-order valence-electron chi connectivity index (χ0n) is 19.3. The van der Waals surface area contributed by atoms with Gasteiger partial charge in [-0.2, -0.15) is 4.40 Å². The second kappa shape index (κ2) is 6.66. The summed E-state index contributed by atoms with van der Waals surface area (Å²) in [7, 11) is 0. The van der Waals surface area contributed by atoms with Crippen molar-refractivity contribution in [3.63, 3.8) is 0 Å². The van der Waals surface area contributed by atoms with Crippen LogP contribution in [0.4, 0.5) is 4.39 Å². The number of hydrogen-bond donors (Lipinski definition) is 0. The molecule has 4 nitrogen and oxygen atoms in total. The van der Waals surface area contributed by atoms with Crippen LogP contribution in [-0.2, 0) is 17.4 Å². The van der Waals surface area contributed by atoms with Gasteiger partial charge in [-0.3, -0.25) is 0 Å². The van der Waals surface area contributed by atoms with Crippen molar-refractivity contribution in [3.05, 3.63) is 70.8 Å². The van der Waals surface area contributed by atoms with Gasteiger partial charge < -0.3 is 4.40 Å². The maximum atomic E-state index is 14.2. The van der Waals surface area contributed by atoms with Crippen LogP contribution in [0.15, 0.2) is 36.7 Å². The van der Waals surface area contributed by atoms with E-state index in [4.69, 9.17) is 4.98 Å². The lowest BCUT2D eigenvalue weighted by Gasteiger charge is -2.24. The first kappa shape index (κ1) is 20.6. The Morgan fingerprint density at radius 2 is 1.77 bits per heavy atom. The molecule has 0 atom stereocenters. The van der Waals surface area contributed by atoms with Gasteiger partial charge in [0.25, 0.3) is 5.65 Å². The average Bonchev–Trinajstić information content (AvgIpc) is 3.10. The maximum Gasteiger partial charge on any atom is 0.289 e. The fourth-order valence-corrected chi connectivity index (χ4v) is 5.04. The molecule has 4 aromatic heterocycles. The largest absolute Gasteiger partial charge is 0.303 e. The fourth-order valence-electron chi connectivity index (χ4n) is 5.04. The SMILES string of the molecule is Cc1nc2c(C)cccn2c1C(C)(C)Cn1c(C)c(C(C)(C)C)[n+]2ccc(F)cc12. The summed E-state index contributed by atoms with van der Waals surface area (Å²) in [6.07, 6.45) is 3.94. The maximum absolute atomic E-state index is 14.2. The highest BCUT2D eigenvalue weighted by Crippen LogP contribution is 2.33. The number of rotatable bonds is 3. The van der Waals surface area contributed by atoms with Crippen molar-refractivity contribution in [2.45, 2.75) is 72.8 Å². The third-order valence-corrected chi connectivity index (χ3v) is 6.09. The summed E-state index contributed by atoms with van der Waals surface area (Å²) >= 11 is 0. The van der Waals surface area contributed by atoms with Gasteiger partial charge in [-0.25, -0.2) is 13.9 Å². The van der Waals surface area contributed by atoms with Gasteiger partial charge in [-0.1, -0.05) is 40.7 Å². The van der Waals surface area contributed by atoms with Crippen LogP contribution in [-0.4, -0.2) is 14.0 Å². The van der Waals surface area contributed by atoms with Gasteiger partial charge in [0.2, 0.25) is 0 Å². The minimum Gasteiger partial charge on any atom is -0.303 e. The van der Waals surface area contributed by atoms with Crippen LogP contribution in [0.5, 0.6) is 0 Å².